The lowest BCUT2D eigenvalue weighted by atomic mass is 10.1. The molecule has 0 spiro atoms. The molecule has 2 aromatic carbocycles. The van der Waals surface area contributed by atoms with Gasteiger partial charge in [0.25, 0.3) is 0 Å². The first-order valence-corrected chi connectivity index (χ1v) is 6.64. The quantitative estimate of drug-likeness (QED) is 0.688. The summed E-state index contributed by atoms with van der Waals surface area (Å²) in [6.45, 7) is 0. The van der Waals surface area contributed by atoms with Crippen LogP contribution in [0.2, 0.25) is 5.02 Å². The van der Waals surface area contributed by atoms with Gasteiger partial charge in [0.1, 0.15) is 11.5 Å². The number of benzene rings is 2. The number of hydrogen-bond donors (Lipinski definition) is 0. The summed E-state index contributed by atoms with van der Waals surface area (Å²) in [4.78, 5) is 12.5. The third-order valence-corrected chi connectivity index (χ3v) is 3.29. The Balaban J connectivity index is 2.06. The van der Waals surface area contributed by atoms with Crippen LogP contribution < -0.4 is 0 Å². The van der Waals surface area contributed by atoms with Crippen LogP contribution in [0.25, 0.3) is 5.69 Å². The van der Waals surface area contributed by atoms with Crippen LogP contribution in [0, 0.1) is 5.82 Å². The Morgan fingerprint density at radius 3 is 2.57 bits per heavy atom. The van der Waals surface area contributed by atoms with Crippen molar-refractivity contribution >= 4 is 17.4 Å². The molecule has 0 fully saturated rings. The third-order valence-electron chi connectivity index (χ3n) is 3.05. The minimum Gasteiger partial charge on any atom is -0.287 e. The zero-order valence-electron chi connectivity index (χ0n) is 10.8. The Morgan fingerprint density at radius 1 is 1.10 bits per heavy atom. The zero-order chi connectivity index (χ0) is 14.8. The molecule has 0 bridgehead atoms. The summed E-state index contributed by atoms with van der Waals surface area (Å²) >= 11 is 5.70. The monoisotopic (exact) mass is 300 g/mol. The van der Waals surface area contributed by atoms with Crippen molar-refractivity contribution in [1.82, 2.24) is 9.78 Å². The number of carbonyl (C=O) groups excluding carboxylic acids is 1. The molecule has 0 aliphatic heterocycles. The number of hydrogen-bond acceptors (Lipinski definition) is 2. The molecule has 0 unspecified atom stereocenters. The Bertz CT molecular complexity index is 799. The summed E-state index contributed by atoms with van der Waals surface area (Å²) in [5.74, 6) is -1.08. The molecule has 0 saturated heterocycles. The van der Waals surface area contributed by atoms with Gasteiger partial charge in [0.05, 0.1) is 17.4 Å². The van der Waals surface area contributed by atoms with E-state index in [1.165, 1.54) is 23.0 Å². The van der Waals surface area contributed by atoms with E-state index < -0.39 is 11.6 Å². The first-order valence-electron chi connectivity index (χ1n) is 6.26. The van der Waals surface area contributed by atoms with Gasteiger partial charge in [-0.05, 0) is 36.4 Å². The lowest BCUT2D eigenvalue weighted by molar-refractivity contribution is 0.102. The van der Waals surface area contributed by atoms with Crippen LogP contribution in [0.5, 0.6) is 0 Å². The summed E-state index contributed by atoms with van der Waals surface area (Å²) in [5, 5.41) is 4.38. The van der Waals surface area contributed by atoms with Gasteiger partial charge in [-0.2, -0.15) is 5.10 Å². The number of rotatable bonds is 3. The van der Waals surface area contributed by atoms with Crippen LogP contribution in [0.3, 0.4) is 0 Å². The minimum atomic E-state index is -0.645. The molecule has 0 saturated carbocycles. The average Bonchev–Trinajstić information content (AvgIpc) is 2.97. The van der Waals surface area contributed by atoms with Gasteiger partial charge in [-0.3, -0.25) is 4.79 Å². The van der Waals surface area contributed by atoms with Gasteiger partial charge in [0.2, 0.25) is 5.78 Å². The van der Waals surface area contributed by atoms with E-state index in [0.717, 1.165) is 11.8 Å². The van der Waals surface area contributed by atoms with Crippen molar-refractivity contribution in [2.45, 2.75) is 0 Å². The normalized spacial score (nSPS) is 10.6. The zero-order valence-corrected chi connectivity index (χ0v) is 11.6. The number of nitrogens with zero attached hydrogens (tertiary/aromatic N) is 2. The molecule has 21 heavy (non-hydrogen) atoms. The van der Waals surface area contributed by atoms with Crippen molar-refractivity contribution in [1.29, 1.82) is 0 Å². The van der Waals surface area contributed by atoms with Gasteiger partial charge in [0, 0.05) is 5.02 Å². The Morgan fingerprint density at radius 2 is 1.86 bits per heavy atom. The van der Waals surface area contributed by atoms with E-state index in [1.54, 1.807) is 6.07 Å². The number of carbonyl (C=O) groups is 1. The Labute approximate surface area is 125 Å². The van der Waals surface area contributed by atoms with Crippen molar-refractivity contribution in [2.24, 2.45) is 0 Å². The number of para-hydroxylation sites is 1. The van der Waals surface area contributed by atoms with Crippen LogP contribution in [-0.2, 0) is 0 Å². The molecule has 3 rings (SSSR count). The van der Waals surface area contributed by atoms with Crippen molar-refractivity contribution in [3.63, 3.8) is 0 Å². The summed E-state index contributed by atoms with van der Waals surface area (Å²) in [6, 6.07) is 14.7. The number of ketones is 1. The highest BCUT2D eigenvalue weighted by Crippen LogP contribution is 2.19. The first-order chi connectivity index (χ1) is 10.2. The molecule has 0 aliphatic carbocycles. The highest BCUT2D eigenvalue weighted by atomic mass is 35.5. The summed E-state index contributed by atoms with van der Waals surface area (Å²) in [5.41, 5.74) is 1.000. The molecule has 0 radical (unpaired) electrons. The van der Waals surface area contributed by atoms with Crippen LogP contribution in [0.15, 0.2) is 60.8 Å². The van der Waals surface area contributed by atoms with Gasteiger partial charge < -0.3 is 0 Å². The van der Waals surface area contributed by atoms with E-state index in [4.69, 9.17) is 11.6 Å². The molecule has 0 amide bonds. The molecular formula is C16H10ClFN2O. The second-order valence-corrected chi connectivity index (χ2v) is 4.85. The number of aromatic nitrogens is 2. The van der Waals surface area contributed by atoms with E-state index in [2.05, 4.69) is 5.10 Å². The van der Waals surface area contributed by atoms with E-state index in [9.17, 15) is 9.18 Å². The van der Waals surface area contributed by atoms with Crippen molar-refractivity contribution in [3.8, 4) is 5.69 Å². The van der Waals surface area contributed by atoms with Gasteiger partial charge >= 0.3 is 0 Å². The molecular weight excluding hydrogens is 291 g/mol. The van der Waals surface area contributed by atoms with E-state index in [0.29, 0.717) is 5.69 Å². The largest absolute Gasteiger partial charge is 0.287 e. The predicted molar refractivity (Wildman–Crippen MR) is 78.4 cm³/mol. The fourth-order valence-corrected chi connectivity index (χ4v) is 2.22. The topological polar surface area (TPSA) is 34.9 Å². The molecule has 1 heterocycles. The fraction of sp³-hybridized carbons (Fsp3) is 0. The van der Waals surface area contributed by atoms with Crippen LogP contribution in [-0.4, -0.2) is 15.6 Å². The van der Waals surface area contributed by atoms with E-state index >= 15 is 0 Å². The molecule has 0 N–H and O–H groups in total. The maximum Gasteiger partial charge on any atom is 0.214 e. The molecule has 0 atom stereocenters. The highest BCUT2D eigenvalue weighted by Gasteiger charge is 2.18. The van der Waals surface area contributed by atoms with E-state index in [-0.39, 0.29) is 10.6 Å². The van der Waals surface area contributed by atoms with Crippen LogP contribution in [0.4, 0.5) is 4.39 Å². The van der Waals surface area contributed by atoms with Crippen LogP contribution in [0.1, 0.15) is 16.1 Å². The molecule has 3 nitrogen and oxygen atoms in total. The summed E-state index contributed by atoms with van der Waals surface area (Å²) < 4.78 is 15.4. The summed E-state index contributed by atoms with van der Waals surface area (Å²) in [7, 11) is 0. The SMILES string of the molecule is O=C(c1ccc(Cl)cc1F)c1ccnn1-c1ccccc1. The summed E-state index contributed by atoms with van der Waals surface area (Å²) in [6.07, 6.45) is 1.51. The maximum absolute atomic E-state index is 13.9. The Kier molecular flexibility index (Phi) is 3.54. The molecule has 1 aromatic heterocycles. The number of halogens is 2. The third kappa shape index (κ3) is 2.58. The van der Waals surface area contributed by atoms with Crippen molar-refractivity contribution < 1.29 is 9.18 Å². The molecule has 0 aliphatic rings. The fourth-order valence-electron chi connectivity index (χ4n) is 2.06. The maximum atomic E-state index is 13.9. The standard InChI is InChI=1S/C16H10ClFN2O/c17-11-6-7-13(14(18)10-11)16(21)15-8-9-19-20(15)12-4-2-1-3-5-12/h1-10H. The first kappa shape index (κ1) is 13.5. The van der Waals surface area contributed by atoms with Gasteiger partial charge in [-0.15, -0.1) is 0 Å². The molecule has 3 aromatic rings. The van der Waals surface area contributed by atoms with Crippen LogP contribution >= 0.6 is 11.6 Å². The Hall–Kier alpha value is -2.46. The van der Waals surface area contributed by atoms with Gasteiger partial charge in [-0.1, -0.05) is 29.8 Å². The highest BCUT2D eigenvalue weighted by molar-refractivity contribution is 6.30. The second kappa shape index (κ2) is 5.50. The lowest BCUT2D eigenvalue weighted by Gasteiger charge is -2.07. The molecule has 104 valence electrons. The van der Waals surface area contributed by atoms with E-state index in [1.807, 2.05) is 30.3 Å². The van der Waals surface area contributed by atoms with Crippen molar-refractivity contribution in [2.75, 3.05) is 0 Å². The van der Waals surface area contributed by atoms with Gasteiger partial charge in [-0.25, -0.2) is 9.07 Å². The second-order valence-electron chi connectivity index (χ2n) is 4.42. The minimum absolute atomic E-state index is 0.0305. The smallest absolute Gasteiger partial charge is 0.214 e. The lowest BCUT2D eigenvalue weighted by Crippen LogP contribution is -2.11. The average molecular weight is 301 g/mol. The predicted octanol–water partition coefficient (Wildman–Crippen LogP) is 3.90. The molecule has 5 heteroatoms. The van der Waals surface area contributed by atoms with Crippen molar-refractivity contribution in [3.05, 3.63) is 82.9 Å². The van der Waals surface area contributed by atoms with Gasteiger partial charge in [0.15, 0.2) is 0 Å².